The number of nitrogens with zero attached hydrogens (tertiary/aromatic N) is 3. The van der Waals surface area contributed by atoms with Gasteiger partial charge in [0.25, 0.3) is 0 Å². The van der Waals surface area contributed by atoms with E-state index in [1.54, 1.807) is 0 Å². The fraction of sp³-hybridized carbons (Fsp3) is 0.455. The lowest BCUT2D eigenvalue weighted by Gasteiger charge is -2.26. The van der Waals surface area contributed by atoms with Crippen molar-refractivity contribution < 1.29 is 5.11 Å². The van der Waals surface area contributed by atoms with Crippen LogP contribution in [0.15, 0.2) is 48.5 Å². The smallest absolute Gasteiger partial charge is 0.113 e. The minimum atomic E-state index is -0.513. The van der Waals surface area contributed by atoms with Gasteiger partial charge in [-0.15, -0.1) is 5.10 Å². The maximum absolute atomic E-state index is 11.1. The van der Waals surface area contributed by atoms with Crippen molar-refractivity contribution in [1.82, 2.24) is 20.3 Å². The van der Waals surface area contributed by atoms with Gasteiger partial charge in [0.1, 0.15) is 5.52 Å². The van der Waals surface area contributed by atoms with Crippen molar-refractivity contribution in [2.45, 2.75) is 31.3 Å². The molecular weight excluding hydrogens is 336 g/mol. The molecule has 1 saturated heterocycles. The molecule has 2 aromatic carbocycles. The number of aromatic amines is 1. The van der Waals surface area contributed by atoms with E-state index in [-0.39, 0.29) is 0 Å². The molecule has 3 aromatic rings. The number of rotatable bonds is 5. The molecule has 5 heteroatoms. The van der Waals surface area contributed by atoms with E-state index in [0.717, 1.165) is 56.4 Å². The first-order chi connectivity index (χ1) is 13.2. The van der Waals surface area contributed by atoms with Crippen LogP contribution in [0.4, 0.5) is 0 Å². The average Bonchev–Trinajstić information content (AvgIpc) is 3.33. The summed E-state index contributed by atoms with van der Waals surface area (Å²) in [6.07, 6.45) is 3.71. The molecular formula is C22H26N4O. The minimum absolute atomic E-state index is 0.513. The molecule has 27 heavy (non-hydrogen) atoms. The van der Waals surface area contributed by atoms with Crippen molar-refractivity contribution in [1.29, 1.82) is 0 Å². The van der Waals surface area contributed by atoms with Crippen LogP contribution in [0.25, 0.3) is 11.0 Å². The Morgan fingerprint density at radius 2 is 1.81 bits per heavy atom. The van der Waals surface area contributed by atoms with E-state index in [4.69, 9.17) is 0 Å². The van der Waals surface area contributed by atoms with Crippen LogP contribution in [0.1, 0.15) is 24.0 Å². The van der Waals surface area contributed by atoms with E-state index < -0.39 is 5.60 Å². The summed E-state index contributed by atoms with van der Waals surface area (Å²) in [4.78, 5) is 2.57. The number of nitrogens with one attached hydrogen (secondary N) is 1. The summed E-state index contributed by atoms with van der Waals surface area (Å²) in [7, 11) is 0. The fourth-order valence-electron chi connectivity index (χ4n) is 5.19. The summed E-state index contributed by atoms with van der Waals surface area (Å²) < 4.78 is 0. The molecule has 140 valence electrons. The lowest BCUT2D eigenvalue weighted by molar-refractivity contribution is 0.0355. The van der Waals surface area contributed by atoms with Crippen molar-refractivity contribution >= 4 is 11.0 Å². The molecule has 5 nitrogen and oxygen atoms in total. The quantitative estimate of drug-likeness (QED) is 0.733. The Hall–Kier alpha value is -2.24. The zero-order chi connectivity index (χ0) is 18.3. The van der Waals surface area contributed by atoms with Crippen molar-refractivity contribution in [3.05, 3.63) is 59.7 Å². The maximum atomic E-state index is 11.1. The number of hydrogen-bond donors (Lipinski definition) is 2. The molecule has 1 aliphatic heterocycles. The Kier molecular flexibility index (Phi) is 4.21. The van der Waals surface area contributed by atoms with Gasteiger partial charge in [-0.25, -0.2) is 0 Å². The molecule has 5 rings (SSSR count). The highest BCUT2D eigenvalue weighted by molar-refractivity contribution is 5.74. The van der Waals surface area contributed by atoms with E-state index in [2.05, 4.69) is 62.8 Å². The number of aromatic nitrogens is 3. The van der Waals surface area contributed by atoms with Gasteiger partial charge in [0, 0.05) is 26.1 Å². The number of likely N-dealkylation sites (tertiary alicyclic amines) is 1. The number of H-pyrrole nitrogens is 1. The van der Waals surface area contributed by atoms with Gasteiger partial charge in [-0.2, -0.15) is 0 Å². The predicted octanol–water partition coefficient (Wildman–Crippen LogP) is 2.82. The zero-order valence-corrected chi connectivity index (χ0v) is 15.5. The standard InChI is InChI=1S/C22H26N4O/c27-22(11-17-4-2-1-3-5-17)12-18-14-26(15-19(18)13-22)9-8-16-6-7-20-21(10-16)24-25-23-20/h1-7,10,18-19,27H,8-9,11-15H2,(H,23,24,25)/t18-,19+,22-. The van der Waals surface area contributed by atoms with E-state index >= 15 is 0 Å². The molecule has 0 bridgehead atoms. The highest BCUT2D eigenvalue weighted by Crippen LogP contribution is 2.45. The van der Waals surface area contributed by atoms with Crippen LogP contribution < -0.4 is 0 Å². The Morgan fingerprint density at radius 1 is 1.04 bits per heavy atom. The molecule has 1 saturated carbocycles. The third-order valence-electron chi connectivity index (χ3n) is 6.42. The second-order valence-corrected chi connectivity index (χ2v) is 8.49. The molecule has 3 atom stereocenters. The molecule has 0 amide bonds. The molecule has 2 fully saturated rings. The maximum Gasteiger partial charge on any atom is 0.113 e. The van der Waals surface area contributed by atoms with Crippen molar-refractivity contribution in [2.24, 2.45) is 11.8 Å². The predicted molar refractivity (Wildman–Crippen MR) is 105 cm³/mol. The Labute approximate surface area is 159 Å². The van der Waals surface area contributed by atoms with Gasteiger partial charge in [-0.05, 0) is 54.4 Å². The lowest BCUT2D eigenvalue weighted by Crippen LogP contribution is -2.32. The number of fused-ring (bicyclic) bond motifs is 2. The van der Waals surface area contributed by atoms with E-state index in [0.29, 0.717) is 11.8 Å². The first-order valence-electron chi connectivity index (χ1n) is 9.95. The van der Waals surface area contributed by atoms with Crippen LogP contribution in [0, 0.1) is 11.8 Å². The molecule has 0 unspecified atom stereocenters. The van der Waals surface area contributed by atoms with Gasteiger partial charge >= 0.3 is 0 Å². The van der Waals surface area contributed by atoms with E-state index in [1.807, 2.05) is 6.07 Å². The molecule has 0 spiro atoms. The molecule has 2 N–H and O–H groups in total. The Morgan fingerprint density at radius 3 is 2.59 bits per heavy atom. The second kappa shape index (κ2) is 6.73. The number of aliphatic hydroxyl groups is 1. The summed E-state index contributed by atoms with van der Waals surface area (Å²) in [6.45, 7) is 3.31. The van der Waals surface area contributed by atoms with Crippen LogP contribution in [0.3, 0.4) is 0 Å². The van der Waals surface area contributed by atoms with Crippen molar-refractivity contribution in [3.8, 4) is 0 Å². The zero-order valence-electron chi connectivity index (χ0n) is 15.5. The van der Waals surface area contributed by atoms with Gasteiger partial charge in [-0.1, -0.05) is 41.6 Å². The molecule has 1 aromatic heterocycles. The molecule has 0 radical (unpaired) electrons. The Bertz CT molecular complexity index is 908. The van der Waals surface area contributed by atoms with Crippen molar-refractivity contribution in [3.63, 3.8) is 0 Å². The molecule has 1 aliphatic carbocycles. The minimum Gasteiger partial charge on any atom is -0.390 e. The Balaban J connectivity index is 1.16. The van der Waals surface area contributed by atoms with Crippen LogP contribution in [-0.2, 0) is 12.8 Å². The first kappa shape index (κ1) is 16.9. The van der Waals surface area contributed by atoms with Gasteiger partial charge in [0.05, 0.1) is 11.1 Å². The largest absolute Gasteiger partial charge is 0.390 e. The topological polar surface area (TPSA) is 65.0 Å². The van der Waals surface area contributed by atoms with Gasteiger partial charge < -0.3 is 10.0 Å². The van der Waals surface area contributed by atoms with Crippen LogP contribution in [0.2, 0.25) is 0 Å². The summed E-state index contributed by atoms with van der Waals surface area (Å²) in [5, 5.41) is 22.0. The van der Waals surface area contributed by atoms with Crippen LogP contribution in [0.5, 0.6) is 0 Å². The summed E-state index contributed by atoms with van der Waals surface area (Å²) in [6, 6.07) is 16.8. The highest BCUT2D eigenvalue weighted by Gasteiger charge is 2.47. The average molecular weight is 362 g/mol. The number of hydrogen-bond acceptors (Lipinski definition) is 4. The van der Waals surface area contributed by atoms with E-state index in [9.17, 15) is 5.11 Å². The van der Waals surface area contributed by atoms with Gasteiger partial charge in [-0.3, -0.25) is 5.10 Å². The fourth-order valence-corrected chi connectivity index (χ4v) is 5.19. The summed E-state index contributed by atoms with van der Waals surface area (Å²) >= 11 is 0. The highest BCUT2D eigenvalue weighted by atomic mass is 16.3. The number of benzene rings is 2. The van der Waals surface area contributed by atoms with Crippen molar-refractivity contribution in [2.75, 3.05) is 19.6 Å². The first-order valence-corrected chi connectivity index (χ1v) is 9.95. The monoisotopic (exact) mass is 362 g/mol. The molecule has 2 heterocycles. The van der Waals surface area contributed by atoms with Crippen LogP contribution >= 0.6 is 0 Å². The van der Waals surface area contributed by atoms with Crippen LogP contribution in [-0.4, -0.2) is 50.7 Å². The molecule has 2 aliphatic rings. The SMILES string of the molecule is O[C@@]1(Cc2ccccc2)C[C@H]2CN(CCc3ccc4[nH]nnc4c3)C[C@H]2C1. The summed E-state index contributed by atoms with van der Waals surface area (Å²) in [5.41, 5.74) is 3.99. The van der Waals surface area contributed by atoms with Gasteiger partial charge in [0.2, 0.25) is 0 Å². The van der Waals surface area contributed by atoms with E-state index in [1.165, 1.54) is 11.1 Å². The second-order valence-electron chi connectivity index (χ2n) is 8.49. The normalized spacial score (nSPS) is 28.0. The third-order valence-corrected chi connectivity index (χ3v) is 6.42. The third kappa shape index (κ3) is 3.49. The lowest BCUT2D eigenvalue weighted by atomic mass is 9.91. The summed E-state index contributed by atoms with van der Waals surface area (Å²) in [5.74, 6) is 1.27. The van der Waals surface area contributed by atoms with Gasteiger partial charge in [0.15, 0.2) is 0 Å².